The van der Waals surface area contributed by atoms with Gasteiger partial charge in [-0.2, -0.15) is 0 Å². The molecule has 2 amide bonds. The zero-order valence-electron chi connectivity index (χ0n) is 18.5. The van der Waals surface area contributed by atoms with Crippen LogP contribution in [0.3, 0.4) is 0 Å². The van der Waals surface area contributed by atoms with E-state index in [4.69, 9.17) is 9.47 Å². The first kappa shape index (κ1) is 22.1. The molecule has 1 heterocycles. The predicted octanol–water partition coefficient (Wildman–Crippen LogP) is 4.65. The molecular weight excluding hydrogens is 423 g/mol. The first-order valence-electron chi connectivity index (χ1n) is 10.4. The molecule has 0 N–H and O–H groups in total. The summed E-state index contributed by atoms with van der Waals surface area (Å²) < 4.78 is 24.4. The summed E-state index contributed by atoms with van der Waals surface area (Å²) in [6.45, 7) is 2.33. The molecule has 168 valence electrons. The molecule has 0 saturated heterocycles. The van der Waals surface area contributed by atoms with E-state index in [1.807, 2.05) is 37.3 Å². The van der Waals surface area contributed by atoms with Gasteiger partial charge in [-0.05, 0) is 48.9 Å². The largest absolute Gasteiger partial charge is 0.497 e. The second kappa shape index (κ2) is 9.16. The second-order valence-electron chi connectivity index (χ2n) is 7.29. The molecule has 6 nitrogen and oxygen atoms in total. The van der Waals surface area contributed by atoms with Crippen LogP contribution in [0.25, 0.3) is 5.57 Å². The lowest BCUT2D eigenvalue weighted by Gasteiger charge is -2.25. The molecule has 3 aromatic carbocycles. The molecule has 0 radical (unpaired) electrons. The molecule has 0 bridgehead atoms. The molecule has 0 fully saturated rings. The van der Waals surface area contributed by atoms with Crippen LogP contribution >= 0.6 is 0 Å². The van der Waals surface area contributed by atoms with E-state index in [-0.39, 0.29) is 17.0 Å². The molecule has 0 spiro atoms. The number of amides is 2. The lowest BCUT2D eigenvalue weighted by atomic mass is 10.0. The Hall–Kier alpha value is -4.13. The summed E-state index contributed by atoms with van der Waals surface area (Å²) in [5.74, 6) is -0.642. The molecule has 1 aliphatic rings. The van der Waals surface area contributed by atoms with Crippen LogP contribution < -0.4 is 19.3 Å². The average Bonchev–Trinajstić information content (AvgIpc) is 3.10. The quantitative estimate of drug-likeness (QED) is 0.495. The maximum atomic E-state index is 13.8. The van der Waals surface area contributed by atoms with Crippen molar-refractivity contribution in [3.8, 4) is 11.5 Å². The smallest absolute Gasteiger partial charge is 0.282 e. The van der Waals surface area contributed by atoms with Crippen molar-refractivity contribution in [2.24, 2.45) is 0 Å². The minimum atomic E-state index is -0.525. The molecule has 0 aromatic heterocycles. The number of carbonyl (C=O) groups excluding carboxylic acids is 2. The van der Waals surface area contributed by atoms with Gasteiger partial charge in [0.2, 0.25) is 0 Å². The van der Waals surface area contributed by atoms with Crippen molar-refractivity contribution in [2.45, 2.75) is 6.92 Å². The average molecular weight is 446 g/mol. The van der Waals surface area contributed by atoms with Gasteiger partial charge >= 0.3 is 0 Å². The third-order valence-corrected chi connectivity index (χ3v) is 5.47. The van der Waals surface area contributed by atoms with Crippen molar-refractivity contribution in [3.05, 3.63) is 89.9 Å². The molecule has 0 aliphatic carbocycles. The van der Waals surface area contributed by atoms with Crippen LogP contribution in [0.1, 0.15) is 12.5 Å². The summed E-state index contributed by atoms with van der Waals surface area (Å²) in [7, 11) is 2.97. The highest BCUT2D eigenvalue weighted by Crippen LogP contribution is 2.41. The number of ether oxygens (including phenoxy) is 2. The number of anilines is 2. The van der Waals surface area contributed by atoms with Crippen molar-refractivity contribution in [3.63, 3.8) is 0 Å². The van der Waals surface area contributed by atoms with Gasteiger partial charge in [-0.25, -0.2) is 9.29 Å². The Morgan fingerprint density at radius 1 is 0.879 bits per heavy atom. The van der Waals surface area contributed by atoms with Gasteiger partial charge in [-0.3, -0.25) is 9.59 Å². The van der Waals surface area contributed by atoms with Crippen molar-refractivity contribution in [1.29, 1.82) is 0 Å². The molecule has 7 heteroatoms. The van der Waals surface area contributed by atoms with Crippen LogP contribution in [0.2, 0.25) is 0 Å². The zero-order chi connectivity index (χ0) is 23.5. The fraction of sp³-hybridized carbons (Fsp3) is 0.154. The first-order valence-corrected chi connectivity index (χ1v) is 10.4. The number of benzene rings is 3. The number of imide groups is 1. The number of hydrogen-bond acceptors (Lipinski definition) is 5. The molecule has 0 saturated carbocycles. The van der Waals surface area contributed by atoms with Crippen molar-refractivity contribution in [2.75, 3.05) is 30.6 Å². The normalized spacial score (nSPS) is 13.5. The van der Waals surface area contributed by atoms with E-state index in [0.29, 0.717) is 23.6 Å². The van der Waals surface area contributed by atoms with Gasteiger partial charge in [0, 0.05) is 18.3 Å². The highest BCUT2D eigenvalue weighted by molar-refractivity contribution is 6.46. The Morgan fingerprint density at radius 3 is 2.18 bits per heavy atom. The highest BCUT2D eigenvalue weighted by Gasteiger charge is 2.43. The predicted molar refractivity (Wildman–Crippen MR) is 125 cm³/mol. The van der Waals surface area contributed by atoms with Crippen molar-refractivity contribution in [1.82, 2.24) is 0 Å². The maximum Gasteiger partial charge on any atom is 0.282 e. The highest BCUT2D eigenvalue weighted by atomic mass is 19.1. The summed E-state index contributed by atoms with van der Waals surface area (Å²) in [5, 5.41) is 0. The molecular formula is C26H23FN2O4. The number of nitrogens with zero attached hydrogens (tertiary/aromatic N) is 2. The summed E-state index contributed by atoms with van der Waals surface area (Å²) in [4.78, 5) is 30.5. The second-order valence-corrected chi connectivity index (χ2v) is 7.29. The van der Waals surface area contributed by atoms with E-state index in [9.17, 15) is 14.0 Å². The number of hydrogen-bond donors (Lipinski definition) is 0. The lowest BCUT2D eigenvalue weighted by Crippen LogP contribution is -2.35. The van der Waals surface area contributed by atoms with Crippen LogP contribution in [-0.4, -0.2) is 32.6 Å². The van der Waals surface area contributed by atoms with E-state index < -0.39 is 17.6 Å². The van der Waals surface area contributed by atoms with E-state index in [0.717, 1.165) is 10.6 Å². The van der Waals surface area contributed by atoms with Gasteiger partial charge in [0.25, 0.3) is 11.8 Å². The number of carbonyl (C=O) groups is 2. The van der Waals surface area contributed by atoms with Gasteiger partial charge in [-0.15, -0.1) is 0 Å². The monoisotopic (exact) mass is 446 g/mol. The topological polar surface area (TPSA) is 59.1 Å². The summed E-state index contributed by atoms with van der Waals surface area (Å²) in [6, 6.07) is 19.8. The van der Waals surface area contributed by atoms with E-state index in [2.05, 4.69) is 0 Å². The maximum absolute atomic E-state index is 13.8. The molecule has 4 rings (SSSR count). The Balaban J connectivity index is 1.93. The fourth-order valence-corrected chi connectivity index (χ4v) is 3.91. The van der Waals surface area contributed by atoms with Crippen LogP contribution in [0, 0.1) is 5.82 Å². The van der Waals surface area contributed by atoms with Crippen molar-refractivity contribution >= 4 is 28.8 Å². The SMILES string of the molecule is CCN(C1=C(c2ccc(F)cc2)C(=O)N(c2cc(OC)ccc2OC)C1=O)c1ccccc1. The van der Waals surface area contributed by atoms with Gasteiger partial charge in [0.1, 0.15) is 23.0 Å². The molecule has 3 aromatic rings. The Morgan fingerprint density at radius 2 is 1.58 bits per heavy atom. The minimum absolute atomic E-state index is 0.190. The van der Waals surface area contributed by atoms with Crippen LogP contribution in [0.5, 0.6) is 11.5 Å². The van der Waals surface area contributed by atoms with Gasteiger partial charge < -0.3 is 14.4 Å². The van der Waals surface area contributed by atoms with E-state index >= 15 is 0 Å². The Labute approximate surface area is 191 Å². The fourth-order valence-electron chi connectivity index (χ4n) is 3.91. The number of likely N-dealkylation sites (N-methyl/N-ethyl adjacent to an activating group) is 1. The number of para-hydroxylation sites is 1. The third-order valence-electron chi connectivity index (χ3n) is 5.47. The molecule has 33 heavy (non-hydrogen) atoms. The lowest BCUT2D eigenvalue weighted by molar-refractivity contribution is -0.120. The first-order chi connectivity index (χ1) is 16.0. The number of rotatable bonds is 7. The number of halogens is 1. The molecule has 0 atom stereocenters. The summed E-state index contributed by atoms with van der Waals surface area (Å²) in [5.41, 5.74) is 1.88. The molecule has 0 unspecified atom stereocenters. The van der Waals surface area contributed by atoms with Gasteiger partial charge in [0.05, 0.1) is 25.5 Å². The summed E-state index contributed by atoms with van der Waals surface area (Å²) >= 11 is 0. The van der Waals surface area contributed by atoms with Crippen molar-refractivity contribution < 1.29 is 23.5 Å². The minimum Gasteiger partial charge on any atom is -0.497 e. The molecule has 1 aliphatic heterocycles. The van der Waals surface area contributed by atoms with Crippen LogP contribution in [0.4, 0.5) is 15.8 Å². The van der Waals surface area contributed by atoms with E-state index in [1.54, 1.807) is 23.1 Å². The summed E-state index contributed by atoms with van der Waals surface area (Å²) in [6.07, 6.45) is 0. The van der Waals surface area contributed by atoms with Gasteiger partial charge in [-0.1, -0.05) is 30.3 Å². The van der Waals surface area contributed by atoms with Crippen LogP contribution in [0.15, 0.2) is 78.5 Å². The van der Waals surface area contributed by atoms with Crippen LogP contribution in [-0.2, 0) is 9.59 Å². The van der Waals surface area contributed by atoms with Gasteiger partial charge in [0.15, 0.2) is 0 Å². The Bertz CT molecular complexity index is 1220. The van der Waals surface area contributed by atoms with E-state index in [1.165, 1.54) is 38.5 Å². The Kier molecular flexibility index (Phi) is 6.13. The number of methoxy groups -OCH3 is 2. The standard InChI is InChI=1S/C26H23FN2O4/c1-4-28(19-8-6-5-7-9-19)24-23(17-10-12-18(27)13-11-17)25(30)29(26(24)31)21-16-20(32-2)14-15-22(21)33-3/h5-16H,4H2,1-3H3. The third kappa shape index (κ3) is 3.93. The zero-order valence-corrected chi connectivity index (χ0v) is 18.5.